The second-order valence-corrected chi connectivity index (χ2v) is 4.56. The summed E-state index contributed by atoms with van der Waals surface area (Å²) in [6, 6.07) is 8.62. The lowest BCUT2D eigenvalue weighted by molar-refractivity contribution is 0.0601. The quantitative estimate of drug-likeness (QED) is 0.439. The Morgan fingerprint density at radius 1 is 0.960 bits per heavy atom. The molecule has 5 N–H and O–H groups in total. The second kappa shape index (κ2) is 8.56. The minimum atomic E-state index is -1.11. The maximum absolute atomic E-state index is 11.1. The van der Waals surface area contributed by atoms with Crippen molar-refractivity contribution in [1.29, 1.82) is 0 Å². The highest BCUT2D eigenvalue weighted by atomic mass is 16.5. The number of anilines is 2. The monoisotopic (exact) mass is 338 g/mol. The average molecular weight is 338 g/mol. The van der Waals surface area contributed by atoms with Crippen LogP contribution in [0.25, 0.3) is 9.69 Å². The third-order valence-corrected chi connectivity index (χ3v) is 2.97. The number of benzene rings is 2. The van der Waals surface area contributed by atoms with Gasteiger partial charge in [0, 0.05) is 11.4 Å². The summed E-state index contributed by atoms with van der Waals surface area (Å²) in [5, 5.41) is 8.60. The number of rotatable bonds is 2. The van der Waals surface area contributed by atoms with Gasteiger partial charge in [-0.3, -0.25) is 0 Å². The number of carboxylic acid groups (broad SMARTS) is 1. The minimum absolute atomic E-state index is 0.0245. The number of methoxy groups -OCH3 is 1. The van der Waals surface area contributed by atoms with E-state index in [0.717, 1.165) is 0 Å². The van der Waals surface area contributed by atoms with Crippen LogP contribution in [0.5, 0.6) is 0 Å². The Morgan fingerprint density at radius 3 is 1.80 bits per heavy atom. The van der Waals surface area contributed by atoms with Gasteiger partial charge in [-0.05, 0) is 24.3 Å². The van der Waals surface area contributed by atoms with E-state index in [2.05, 4.69) is 14.4 Å². The topological polar surface area (TPSA) is 124 Å². The van der Waals surface area contributed by atoms with E-state index >= 15 is 0 Å². The van der Waals surface area contributed by atoms with E-state index in [1.807, 2.05) is 0 Å². The van der Waals surface area contributed by atoms with E-state index in [0.29, 0.717) is 11.4 Å². The molecule has 0 spiro atoms. The standard InChI is InChI=1S/C9H8N2O2.C8H6N2O2/c1-11-6-3-4-8(10)7(5-6)9(12)13-2;1-10-5-2-3-7(9)6(4-5)8(11)12/h3-5H,10H2,2H3;2-4H,9H2,(H,11,12). The van der Waals surface area contributed by atoms with Gasteiger partial charge in [-0.1, -0.05) is 12.1 Å². The molecule has 0 fully saturated rings. The van der Waals surface area contributed by atoms with Gasteiger partial charge in [0.15, 0.2) is 11.4 Å². The molecule has 0 amide bonds. The molecule has 0 heterocycles. The van der Waals surface area contributed by atoms with E-state index in [-0.39, 0.29) is 22.5 Å². The lowest BCUT2D eigenvalue weighted by Crippen LogP contribution is -2.04. The predicted molar refractivity (Wildman–Crippen MR) is 92.5 cm³/mol. The van der Waals surface area contributed by atoms with Crippen LogP contribution in [-0.2, 0) is 4.74 Å². The number of nitrogens with two attached hydrogens (primary N) is 2. The molecule has 0 aromatic heterocycles. The average Bonchev–Trinajstić information content (AvgIpc) is 2.62. The van der Waals surface area contributed by atoms with Crippen molar-refractivity contribution in [2.45, 2.75) is 0 Å². The number of ether oxygens (including phenoxy) is 1. The summed E-state index contributed by atoms with van der Waals surface area (Å²) < 4.78 is 4.49. The fraction of sp³-hybridized carbons (Fsp3) is 0.0588. The molecular weight excluding hydrogens is 324 g/mol. The first kappa shape index (κ1) is 19.0. The van der Waals surface area contributed by atoms with Crippen molar-refractivity contribution >= 4 is 34.7 Å². The Balaban J connectivity index is 0.000000251. The first-order valence-corrected chi connectivity index (χ1v) is 6.69. The van der Waals surface area contributed by atoms with Crippen LogP contribution in [0.2, 0.25) is 0 Å². The van der Waals surface area contributed by atoms with Crippen LogP contribution in [0.4, 0.5) is 22.7 Å². The van der Waals surface area contributed by atoms with Gasteiger partial charge in [-0.25, -0.2) is 19.3 Å². The second-order valence-electron chi connectivity index (χ2n) is 4.56. The Morgan fingerprint density at radius 2 is 1.40 bits per heavy atom. The van der Waals surface area contributed by atoms with Gasteiger partial charge in [0.25, 0.3) is 0 Å². The molecule has 25 heavy (non-hydrogen) atoms. The molecule has 2 aromatic carbocycles. The molecule has 0 saturated carbocycles. The summed E-state index contributed by atoms with van der Waals surface area (Å²) in [6.45, 7) is 13.4. The molecular formula is C17H14N4O4. The van der Waals surface area contributed by atoms with Crippen molar-refractivity contribution < 1.29 is 19.4 Å². The number of carbonyl (C=O) groups excluding carboxylic acids is 1. The van der Waals surface area contributed by atoms with Crippen molar-refractivity contribution in [1.82, 2.24) is 0 Å². The number of nitrogens with zero attached hydrogens (tertiary/aromatic N) is 2. The van der Waals surface area contributed by atoms with Crippen molar-refractivity contribution in [3.05, 3.63) is 70.4 Å². The van der Waals surface area contributed by atoms with Gasteiger partial charge in [0.1, 0.15) is 0 Å². The Labute approximate surface area is 143 Å². The summed E-state index contributed by atoms with van der Waals surface area (Å²) in [4.78, 5) is 27.9. The van der Waals surface area contributed by atoms with Gasteiger partial charge in [0.2, 0.25) is 0 Å². The summed E-state index contributed by atoms with van der Waals surface area (Å²) in [5.74, 6) is -1.64. The molecule has 0 aliphatic rings. The van der Waals surface area contributed by atoms with Crippen LogP contribution >= 0.6 is 0 Å². The highest BCUT2D eigenvalue weighted by Crippen LogP contribution is 2.21. The number of esters is 1. The van der Waals surface area contributed by atoms with E-state index < -0.39 is 11.9 Å². The predicted octanol–water partition coefficient (Wildman–Crippen LogP) is 3.12. The molecule has 2 rings (SSSR count). The summed E-state index contributed by atoms with van der Waals surface area (Å²) in [6.07, 6.45) is 0. The smallest absolute Gasteiger partial charge is 0.338 e. The molecule has 0 radical (unpaired) electrons. The molecule has 0 saturated heterocycles. The van der Waals surface area contributed by atoms with E-state index in [4.69, 9.17) is 29.7 Å². The molecule has 0 aliphatic carbocycles. The minimum Gasteiger partial charge on any atom is -0.478 e. The first-order valence-electron chi connectivity index (χ1n) is 6.69. The Hall–Kier alpha value is -4.04. The van der Waals surface area contributed by atoms with Crippen LogP contribution in [0.3, 0.4) is 0 Å². The van der Waals surface area contributed by atoms with Crippen molar-refractivity contribution in [3.8, 4) is 0 Å². The van der Waals surface area contributed by atoms with E-state index in [9.17, 15) is 9.59 Å². The van der Waals surface area contributed by atoms with Crippen LogP contribution in [-0.4, -0.2) is 24.2 Å². The number of aromatic carboxylic acids is 1. The van der Waals surface area contributed by atoms with Gasteiger partial charge in [-0.15, -0.1) is 0 Å². The molecule has 0 bridgehead atoms. The van der Waals surface area contributed by atoms with Crippen LogP contribution in [0.1, 0.15) is 20.7 Å². The molecule has 0 atom stereocenters. The largest absolute Gasteiger partial charge is 0.478 e. The molecule has 8 nitrogen and oxygen atoms in total. The lowest BCUT2D eigenvalue weighted by atomic mass is 10.1. The Bertz CT molecular complexity index is 894. The summed E-state index contributed by atoms with van der Waals surface area (Å²) in [5.41, 5.74) is 12.2. The van der Waals surface area contributed by atoms with Crippen molar-refractivity contribution in [2.24, 2.45) is 0 Å². The number of carboxylic acids is 1. The van der Waals surface area contributed by atoms with Crippen LogP contribution in [0.15, 0.2) is 36.4 Å². The van der Waals surface area contributed by atoms with Gasteiger partial charge in [-0.2, -0.15) is 0 Å². The zero-order valence-corrected chi connectivity index (χ0v) is 13.2. The van der Waals surface area contributed by atoms with Gasteiger partial charge in [0.05, 0.1) is 31.4 Å². The van der Waals surface area contributed by atoms with Gasteiger partial charge >= 0.3 is 11.9 Å². The lowest BCUT2D eigenvalue weighted by Gasteiger charge is -2.02. The number of nitrogen functional groups attached to an aromatic ring is 2. The fourth-order valence-corrected chi connectivity index (χ4v) is 1.70. The Kier molecular flexibility index (Phi) is 6.50. The number of hydrogen-bond donors (Lipinski definition) is 3. The van der Waals surface area contributed by atoms with Gasteiger partial charge < -0.3 is 21.3 Å². The molecule has 8 heteroatoms. The third-order valence-electron chi connectivity index (χ3n) is 2.97. The highest BCUT2D eigenvalue weighted by Gasteiger charge is 2.10. The van der Waals surface area contributed by atoms with Crippen molar-refractivity contribution in [2.75, 3.05) is 18.6 Å². The van der Waals surface area contributed by atoms with Crippen molar-refractivity contribution in [3.63, 3.8) is 0 Å². The van der Waals surface area contributed by atoms with E-state index in [1.165, 1.54) is 37.4 Å². The first-order chi connectivity index (χ1) is 11.8. The third kappa shape index (κ3) is 4.98. The maximum atomic E-state index is 11.1. The number of carbonyl (C=O) groups is 2. The van der Waals surface area contributed by atoms with Crippen LogP contribution < -0.4 is 11.5 Å². The molecule has 0 aliphatic heterocycles. The zero-order chi connectivity index (χ0) is 19.0. The highest BCUT2D eigenvalue weighted by molar-refractivity contribution is 5.96. The number of hydrogen-bond acceptors (Lipinski definition) is 5. The normalized spacial score (nSPS) is 8.92. The zero-order valence-electron chi connectivity index (χ0n) is 13.2. The fourth-order valence-electron chi connectivity index (χ4n) is 1.70. The maximum Gasteiger partial charge on any atom is 0.338 e. The molecule has 126 valence electrons. The van der Waals surface area contributed by atoms with E-state index in [1.54, 1.807) is 6.07 Å². The molecule has 2 aromatic rings. The van der Waals surface area contributed by atoms with Crippen LogP contribution in [0, 0.1) is 13.1 Å². The summed E-state index contributed by atoms with van der Waals surface area (Å²) in [7, 11) is 1.27. The summed E-state index contributed by atoms with van der Waals surface area (Å²) >= 11 is 0. The molecule has 0 unspecified atom stereocenters. The SMILES string of the molecule is [C-]#[N+]c1ccc(N)c(C(=O)O)c1.[C-]#[N+]c1ccc(N)c(C(=O)OC)c1.